The zero-order chi connectivity index (χ0) is 32.2. The zero-order valence-corrected chi connectivity index (χ0v) is 27.2. The number of aliphatic hydroxyl groups excluding tert-OH is 5. The van der Waals surface area contributed by atoms with Gasteiger partial charge in [-0.15, -0.1) is 0 Å². The lowest BCUT2D eigenvalue weighted by Gasteiger charge is -2.54. The van der Waals surface area contributed by atoms with Gasteiger partial charge in [-0.05, 0) is 85.2 Å². The van der Waals surface area contributed by atoms with E-state index in [1.165, 1.54) is 11.1 Å². The molecule has 2 unspecified atom stereocenters. The SMILES string of the molecule is CC(C)[C@@]1(C2C[C@@H]([C@H]3C(O)C[C@H]4C5=CC[C@H]6C[C@@H](O[C@@H]7O[C@H](CO)[C@@H](O)[C@H](O)[C@H]7O)CC[C@]6(C)C5=CC[C@]34C)C(=O)O2)O[C@H]1C. The highest BCUT2D eigenvalue weighted by Crippen LogP contribution is 2.66. The van der Waals surface area contributed by atoms with Crippen molar-refractivity contribution in [1.82, 2.24) is 0 Å². The summed E-state index contributed by atoms with van der Waals surface area (Å²) in [5.41, 5.74) is 1.96. The number of rotatable bonds is 6. The summed E-state index contributed by atoms with van der Waals surface area (Å²) in [7, 11) is 0. The molecule has 10 heteroatoms. The molecule has 10 nitrogen and oxygen atoms in total. The molecule has 5 N–H and O–H groups in total. The standard InChI is InChI=1S/C35H52O10/c1-16(2)35(17(3)45-35)26-13-21(31(41)44-26)27-24(37)14-23-20-7-6-18-12-19(8-10-33(18,4)22(20)9-11-34(23,27)5)42-32-30(40)29(39)28(38)25(15-36)43-32/h7,9,16-19,21,23-30,32,36-40H,6,8,10-15H2,1-5H3/t17-,18-,19-,21-,23-,24?,25+,26?,27-,28+,29-,30+,32+,33-,34-,35+/m0/s1. The number of ether oxygens (including phenoxy) is 4. The monoisotopic (exact) mass is 632 g/mol. The first kappa shape index (κ1) is 32.2. The predicted octanol–water partition coefficient (Wildman–Crippen LogP) is 2.39. The van der Waals surface area contributed by atoms with E-state index < -0.39 is 49.0 Å². The van der Waals surface area contributed by atoms with Crippen LogP contribution in [0.1, 0.15) is 79.6 Å². The molecule has 0 radical (unpaired) electrons. The summed E-state index contributed by atoms with van der Waals surface area (Å²) in [5.74, 6) is 0.00151. The van der Waals surface area contributed by atoms with Crippen LogP contribution in [0.2, 0.25) is 0 Å². The van der Waals surface area contributed by atoms with E-state index in [1.807, 2.05) is 0 Å². The van der Waals surface area contributed by atoms with Crippen molar-refractivity contribution in [3.8, 4) is 0 Å². The van der Waals surface area contributed by atoms with Crippen molar-refractivity contribution in [1.29, 1.82) is 0 Å². The molecule has 0 aromatic heterocycles. The van der Waals surface area contributed by atoms with Gasteiger partial charge in [0, 0.05) is 12.3 Å². The van der Waals surface area contributed by atoms with E-state index in [2.05, 4.69) is 46.8 Å². The van der Waals surface area contributed by atoms with E-state index in [0.29, 0.717) is 18.8 Å². The fourth-order valence-electron chi connectivity index (χ4n) is 10.9. The fraction of sp³-hybridized carbons (Fsp3) is 0.857. The second-order valence-electron chi connectivity index (χ2n) is 16.0. The molecular formula is C35H52O10. The highest BCUT2D eigenvalue weighted by atomic mass is 16.7. The van der Waals surface area contributed by atoms with Gasteiger partial charge in [0.05, 0.1) is 30.8 Å². The van der Waals surface area contributed by atoms with Crippen LogP contribution in [-0.2, 0) is 23.7 Å². The molecule has 4 aliphatic carbocycles. The highest BCUT2D eigenvalue weighted by molar-refractivity contribution is 5.76. The Labute approximate surface area is 265 Å². The van der Waals surface area contributed by atoms with Crippen LogP contribution in [0.25, 0.3) is 0 Å². The van der Waals surface area contributed by atoms with Crippen molar-refractivity contribution in [2.24, 2.45) is 40.4 Å². The third kappa shape index (κ3) is 4.68. The van der Waals surface area contributed by atoms with E-state index in [9.17, 15) is 30.3 Å². The Kier molecular flexibility index (Phi) is 7.93. The maximum atomic E-state index is 13.4. The predicted molar refractivity (Wildman–Crippen MR) is 161 cm³/mol. The maximum absolute atomic E-state index is 13.4. The van der Waals surface area contributed by atoms with Gasteiger partial charge in [-0.2, -0.15) is 0 Å². The molecular weight excluding hydrogens is 580 g/mol. The Morgan fingerprint density at radius 3 is 2.44 bits per heavy atom. The van der Waals surface area contributed by atoms with E-state index in [0.717, 1.165) is 32.1 Å². The van der Waals surface area contributed by atoms with Crippen molar-refractivity contribution in [2.75, 3.05) is 6.61 Å². The first-order chi connectivity index (χ1) is 21.3. The third-order valence-corrected chi connectivity index (χ3v) is 13.6. The molecule has 0 bridgehead atoms. The molecule has 3 aliphatic heterocycles. The van der Waals surface area contributed by atoms with Crippen molar-refractivity contribution in [3.05, 3.63) is 23.3 Å². The number of hydrogen-bond donors (Lipinski definition) is 5. The van der Waals surface area contributed by atoms with Gasteiger partial charge in [0.2, 0.25) is 0 Å². The van der Waals surface area contributed by atoms with Crippen molar-refractivity contribution in [2.45, 2.75) is 140 Å². The Balaban J connectivity index is 1.07. The van der Waals surface area contributed by atoms with Crippen LogP contribution in [0, 0.1) is 40.4 Å². The summed E-state index contributed by atoms with van der Waals surface area (Å²) in [5, 5.41) is 52.1. The average Bonchev–Trinajstić information content (AvgIpc) is 3.44. The lowest BCUT2D eigenvalue weighted by Crippen LogP contribution is -2.60. The number of hydrogen-bond acceptors (Lipinski definition) is 10. The molecule has 7 rings (SSSR count). The van der Waals surface area contributed by atoms with Gasteiger partial charge in [0.25, 0.3) is 0 Å². The van der Waals surface area contributed by atoms with Crippen LogP contribution in [0.3, 0.4) is 0 Å². The minimum absolute atomic E-state index is 0.0600. The van der Waals surface area contributed by atoms with Crippen LogP contribution in [0.15, 0.2) is 23.3 Å². The Bertz CT molecular complexity index is 1250. The minimum atomic E-state index is -1.46. The molecule has 0 amide bonds. The Morgan fingerprint density at radius 2 is 1.78 bits per heavy atom. The summed E-state index contributed by atoms with van der Waals surface area (Å²) < 4.78 is 23.9. The molecule has 3 heterocycles. The number of esters is 1. The first-order valence-electron chi connectivity index (χ1n) is 17.2. The first-order valence-corrected chi connectivity index (χ1v) is 17.2. The molecule has 0 aromatic rings. The second kappa shape index (κ2) is 11.1. The number of carbonyl (C=O) groups is 1. The molecule has 7 aliphatic rings. The molecule has 2 saturated carbocycles. The summed E-state index contributed by atoms with van der Waals surface area (Å²) in [4.78, 5) is 13.4. The topological polar surface area (TPSA) is 158 Å². The van der Waals surface area contributed by atoms with Crippen LogP contribution < -0.4 is 0 Å². The molecule has 0 spiro atoms. The molecule has 3 saturated heterocycles. The fourth-order valence-corrected chi connectivity index (χ4v) is 10.9. The highest BCUT2D eigenvalue weighted by Gasteiger charge is 2.68. The summed E-state index contributed by atoms with van der Waals surface area (Å²) in [6, 6.07) is 0. The van der Waals surface area contributed by atoms with Gasteiger partial charge in [-0.3, -0.25) is 4.79 Å². The van der Waals surface area contributed by atoms with E-state index in [1.54, 1.807) is 0 Å². The van der Waals surface area contributed by atoms with Gasteiger partial charge in [0.15, 0.2) is 6.29 Å². The average molecular weight is 633 g/mol. The zero-order valence-electron chi connectivity index (χ0n) is 27.2. The van der Waals surface area contributed by atoms with Crippen LogP contribution in [-0.4, -0.2) is 98.8 Å². The minimum Gasteiger partial charge on any atom is -0.459 e. The molecule has 0 aromatic carbocycles. The van der Waals surface area contributed by atoms with E-state index in [-0.39, 0.29) is 58.8 Å². The van der Waals surface area contributed by atoms with E-state index in [4.69, 9.17) is 18.9 Å². The number of aliphatic hydroxyl groups is 5. The smallest absolute Gasteiger partial charge is 0.309 e. The second-order valence-corrected chi connectivity index (χ2v) is 16.0. The van der Waals surface area contributed by atoms with Crippen LogP contribution >= 0.6 is 0 Å². The van der Waals surface area contributed by atoms with Crippen molar-refractivity contribution in [3.63, 3.8) is 0 Å². The number of carbonyl (C=O) groups excluding carboxylic acids is 1. The van der Waals surface area contributed by atoms with Gasteiger partial charge in [0.1, 0.15) is 36.1 Å². The van der Waals surface area contributed by atoms with Gasteiger partial charge < -0.3 is 44.5 Å². The number of allylic oxidation sites excluding steroid dienone is 4. The lowest BCUT2D eigenvalue weighted by molar-refractivity contribution is -0.314. The van der Waals surface area contributed by atoms with E-state index >= 15 is 0 Å². The van der Waals surface area contributed by atoms with Crippen molar-refractivity contribution < 1.29 is 49.3 Å². The number of epoxide rings is 1. The van der Waals surface area contributed by atoms with Crippen molar-refractivity contribution >= 4 is 5.97 Å². The van der Waals surface area contributed by atoms with Gasteiger partial charge >= 0.3 is 5.97 Å². The molecule has 252 valence electrons. The Hall–Kier alpha value is -1.37. The molecule has 16 atom stereocenters. The normalized spacial score (nSPS) is 54.1. The quantitative estimate of drug-likeness (QED) is 0.218. The number of cyclic esters (lactones) is 1. The Morgan fingerprint density at radius 1 is 1.04 bits per heavy atom. The summed E-state index contributed by atoms with van der Waals surface area (Å²) >= 11 is 0. The maximum Gasteiger partial charge on any atom is 0.309 e. The third-order valence-electron chi connectivity index (χ3n) is 13.6. The number of fused-ring (bicyclic) bond motifs is 5. The lowest BCUT2D eigenvalue weighted by atomic mass is 9.51. The summed E-state index contributed by atoms with van der Waals surface area (Å²) in [6.07, 6.45) is 2.65. The molecule has 45 heavy (non-hydrogen) atoms. The molecule has 5 fully saturated rings. The van der Waals surface area contributed by atoms with Gasteiger partial charge in [-0.25, -0.2) is 0 Å². The van der Waals surface area contributed by atoms with Crippen LogP contribution in [0.4, 0.5) is 0 Å². The summed E-state index contributed by atoms with van der Waals surface area (Å²) in [6.45, 7) is 10.4. The van der Waals surface area contributed by atoms with Crippen LogP contribution in [0.5, 0.6) is 0 Å². The largest absolute Gasteiger partial charge is 0.459 e. The van der Waals surface area contributed by atoms with Gasteiger partial charge in [-0.1, -0.05) is 39.8 Å².